The van der Waals surface area contributed by atoms with Crippen LogP contribution in [0.2, 0.25) is 0 Å². The van der Waals surface area contributed by atoms with Crippen molar-refractivity contribution >= 4 is 5.91 Å². The quantitative estimate of drug-likeness (QED) is 0.541. The second-order valence-electron chi connectivity index (χ2n) is 11.0. The fourth-order valence-corrected chi connectivity index (χ4v) is 6.03. The molecule has 3 heterocycles. The Morgan fingerprint density at radius 1 is 0.833 bits per heavy atom. The number of likely N-dealkylation sites (tertiary alicyclic amines) is 1. The molecule has 194 valence electrons. The predicted octanol–water partition coefficient (Wildman–Crippen LogP) is 4.60. The number of hydrogen-bond donors (Lipinski definition) is 0. The average molecular weight is 491 g/mol. The van der Waals surface area contributed by atoms with Crippen LogP contribution in [0.1, 0.15) is 56.1 Å². The fourth-order valence-electron chi connectivity index (χ4n) is 6.03. The number of carbonyl (C=O) groups excluding carboxylic acids is 1. The number of pyridine rings is 1. The van der Waals surface area contributed by atoms with E-state index >= 15 is 0 Å². The first-order chi connectivity index (χ1) is 17.7. The summed E-state index contributed by atoms with van der Waals surface area (Å²) in [6.45, 7) is 8.84. The standard InChI is InChI=1S/C30H42N4O2/c35-30(28-8-2-1-3-9-28)34-15-5-7-27(23-34)24-36-29-12-10-25(11-13-29)21-32-16-18-33(19-17-32)22-26-6-4-14-31-20-26/h4,6,10-14,20,27-28H,1-3,5,7-9,15-19,21-24H2/t27-/m0/s1. The number of aromatic nitrogens is 1. The number of nitrogens with zero attached hydrogens (tertiary/aromatic N) is 4. The van der Waals surface area contributed by atoms with Gasteiger partial charge >= 0.3 is 0 Å². The Balaban J connectivity index is 1.02. The Labute approximate surface area is 216 Å². The molecule has 0 N–H and O–H groups in total. The Morgan fingerprint density at radius 3 is 2.25 bits per heavy atom. The molecule has 1 aromatic heterocycles. The van der Waals surface area contributed by atoms with Gasteiger partial charge in [-0.1, -0.05) is 37.5 Å². The summed E-state index contributed by atoms with van der Waals surface area (Å²) in [5.41, 5.74) is 2.63. The van der Waals surface area contributed by atoms with E-state index in [0.29, 0.717) is 18.4 Å². The first-order valence-electron chi connectivity index (χ1n) is 14.1. The van der Waals surface area contributed by atoms with Crippen LogP contribution >= 0.6 is 0 Å². The van der Waals surface area contributed by atoms with Crippen LogP contribution in [0.5, 0.6) is 5.75 Å². The van der Waals surface area contributed by atoms with Gasteiger partial charge in [-0.25, -0.2) is 0 Å². The minimum Gasteiger partial charge on any atom is -0.493 e. The summed E-state index contributed by atoms with van der Waals surface area (Å²) in [6.07, 6.45) is 12.0. The van der Waals surface area contributed by atoms with Gasteiger partial charge in [-0.2, -0.15) is 0 Å². The number of carbonyl (C=O) groups is 1. The molecule has 1 amide bonds. The fraction of sp³-hybridized carbons (Fsp3) is 0.600. The number of benzene rings is 1. The highest BCUT2D eigenvalue weighted by atomic mass is 16.5. The highest BCUT2D eigenvalue weighted by Crippen LogP contribution is 2.28. The van der Waals surface area contributed by atoms with Gasteiger partial charge in [0.2, 0.25) is 5.91 Å². The minimum atomic E-state index is 0.273. The van der Waals surface area contributed by atoms with E-state index in [1.165, 1.54) is 30.4 Å². The predicted molar refractivity (Wildman–Crippen MR) is 143 cm³/mol. The lowest BCUT2D eigenvalue weighted by molar-refractivity contribution is -0.138. The molecular weight excluding hydrogens is 448 g/mol. The van der Waals surface area contributed by atoms with Gasteiger partial charge < -0.3 is 9.64 Å². The summed E-state index contributed by atoms with van der Waals surface area (Å²) in [5, 5.41) is 0. The van der Waals surface area contributed by atoms with Crippen LogP contribution in [0.25, 0.3) is 0 Å². The van der Waals surface area contributed by atoms with Crippen LogP contribution in [0.15, 0.2) is 48.8 Å². The van der Waals surface area contributed by atoms with Gasteiger partial charge in [0.15, 0.2) is 0 Å². The number of piperazine rings is 1. The molecule has 2 saturated heterocycles. The molecule has 1 aromatic carbocycles. The van der Waals surface area contributed by atoms with Crippen molar-refractivity contribution in [1.29, 1.82) is 0 Å². The van der Waals surface area contributed by atoms with Gasteiger partial charge in [0.25, 0.3) is 0 Å². The SMILES string of the molecule is O=C(C1CCCCC1)N1CCC[C@H](COc2ccc(CN3CCN(Cc4cccnc4)CC3)cc2)C1. The van der Waals surface area contributed by atoms with Crippen molar-refractivity contribution in [2.24, 2.45) is 11.8 Å². The summed E-state index contributed by atoms with van der Waals surface area (Å²) < 4.78 is 6.17. The third kappa shape index (κ3) is 7.07. The second-order valence-corrected chi connectivity index (χ2v) is 11.0. The van der Waals surface area contributed by atoms with Crippen molar-refractivity contribution in [3.63, 3.8) is 0 Å². The summed E-state index contributed by atoms with van der Waals surface area (Å²) in [5.74, 6) is 2.06. The molecule has 1 saturated carbocycles. The maximum Gasteiger partial charge on any atom is 0.225 e. The first kappa shape index (κ1) is 25.2. The summed E-state index contributed by atoms with van der Waals surface area (Å²) in [6, 6.07) is 12.8. The molecule has 1 aliphatic carbocycles. The molecule has 1 atom stereocenters. The van der Waals surface area contributed by atoms with Crippen LogP contribution < -0.4 is 4.74 Å². The van der Waals surface area contributed by atoms with Gasteiger partial charge in [0.1, 0.15) is 5.75 Å². The molecular formula is C30H42N4O2. The lowest BCUT2D eigenvalue weighted by Gasteiger charge is -2.35. The van der Waals surface area contributed by atoms with Gasteiger partial charge in [-0.05, 0) is 55.0 Å². The number of piperidine rings is 1. The topological polar surface area (TPSA) is 48.9 Å². The van der Waals surface area contributed by atoms with E-state index < -0.39 is 0 Å². The Morgan fingerprint density at radius 2 is 1.56 bits per heavy atom. The van der Waals surface area contributed by atoms with Crippen molar-refractivity contribution in [2.75, 3.05) is 45.9 Å². The van der Waals surface area contributed by atoms with Gasteiger partial charge in [0, 0.05) is 76.6 Å². The van der Waals surface area contributed by atoms with E-state index in [9.17, 15) is 4.79 Å². The lowest BCUT2D eigenvalue weighted by atomic mass is 9.87. The van der Waals surface area contributed by atoms with Crippen LogP contribution in [0, 0.1) is 11.8 Å². The average Bonchev–Trinajstić information content (AvgIpc) is 2.94. The van der Waals surface area contributed by atoms with Crippen LogP contribution in [0.3, 0.4) is 0 Å². The van der Waals surface area contributed by atoms with Crippen LogP contribution in [-0.4, -0.2) is 71.5 Å². The summed E-state index contributed by atoms with van der Waals surface area (Å²) >= 11 is 0. The molecule has 0 radical (unpaired) electrons. The number of amides is 1. The Hall–Kier alpha value is -2.44. The van der Waals surface area contributed by atoms with Crippen molar-refractivity contribution < 1.29 is 9.53 Å². The zero-order chi connectivity index (χ0) is 24.6. The minimum absolute atomic E-state index is 0.273. The molecule has 36 heavy (non-hydrogen) atoms. The number of hydrogen-bond acceptors (Lipinski definition) is 5. The van der Waals surface area contributed by atoms with E-state index in [4.69, 9.17) is 4.74 Å². The van der Waals surface area contributed by atoms with Crippen LogP contribution in [0.4, 0.5) is 0 Å². The zero-order valence-electron chi connectivity index (χ0n) is 21.7. The maximum atomic E-state index is 13.0. The second kappa shape index (κ2) is 12.7. The molecule has 2 aliphatic heterocycles. The zero-order valence-corrected chi connectivity index (χ0v) is 21.7. The number of ether oxygens (including phenoxy) is 1. The summed E-state index contributed by atoms with van der Waals surface area (Å²) in [4.78, 5) is 24.4. The largest absolute Gasteiger partial charge is 0.493 e. The molecule has 6 heteroatoms. The molecule has 0 unspecified atom stereocenters. The van der Waals surface area contributed by atoms with E-state index in [1.54, 1.807) is 0 Å². The van der Waals surface area contributed by atoms with E-state index in [1.807, 2.05) is 18.5 Å². The van der Waals surface area contributed by atoms with Gasteiger partial charge in [0.05, 0.1) is 6.61 Å². The molecule has 3 aliphatic rings. The third-order valence-corrected chi connectivity index (χ3v) is 8.19. The highest BCUT2D eigenvalue weighted by molar-refractivity contribution is 5.79. The first-order valence-corrected chi connectivity index (χ1v) is 14.1. The molecule has 3 fully saturated rings. The van der Waals surface area contributed by atoms with Crippen molar-refractivity contribution in [2.45, 2.75) is 58.0 Å². The molecule has 2 aromatic rings. The number of rotatable bonds is 8. The molecule has 5 rings (SSSR count). The van der Waals surface area contributed by atoms with E-state index in [0.717, 1.165) is 83.8 Å². The monoisotopic (exact) mass is 490 g/mol. The van der Waals surface area contributed by atoms with Crippen LogP contribution in [-0.2, 0) is 17.9 Å². The van der Waals surface area contributed by atoms with Gasteiger partial charge in [-0.15, -0.1) is 0 Å². The smallest absolute Gasteiger partial charge is 0.225 e. The molecule has 6 nitrogen and oxygen atoms in total. The van der Waals surface area contributed by atoms with Crippen molar-refractivity contribution in [3.05, 3.63) is 59.9 Å². The normalized spacial score (nSPS) is 22.4. The van der Waals surface area contributed by atoms with Gasteiger partial charge in [-0.3, -0.25) is 19.6 Å². The van der Waals surface area contributed by atoms with Crippen molar-refractivity contribution in [1.82, 2.24) is 19.7 Å². The van der Waals surface area contributed by atoms with E-state index in [2.05, 4.69) is 50.0 Å². The summed E-state index contributed by atoms with van der Waals surface area (Å²) in [7, 11) is 0. The lowest BCUT2D eigenvalue weighted by Crippen LogP contribution is -2.45. The highest BCUT2D eigenvalue weighted by Gasteiger charge is 2.30. The Bertz CT molecular complexity index is 937. The third-order valence-electron chi connectivity index (χ3n) is 8.19. The van der Waals surface area contributed by atoms with E-state index in [-0.39, 0.29) is 5.92 Å². The molecule has 0 spiro atoms. The molecule has 0 bridgehead atoms. The van der Waals surface area contributed by atoms with Crippen molar-refractivity contribution in [3.8, 4) is 5.75 Å². The Kier molecular flexibility index (Phi) is 8.89. The maximum absolute atomic E-state index is 13.0.